The molecule has 1 aliphatic rings. The third-order valence-corrected chi connectivity index (χ3v) is 5.46. The molecule has 2 aromatic carbocycles. The predicted octanol–water partition coefficient (Wildman–Crippen LogP) is 3.06. The first-order valence-electron chi connectivity index (χ1n) is 10.1. The molecule has 3 aromatic rings. The highest BCUT2D eigenvalue weighted by Crippen LogP contribution is 2.25. The first-order chi connectivity index (χ1) is 14.5. The molecule has 0 bridgehead atoms. The molecule has 0 aliphatic carbocycles. The molecule has 1 aromatic heterocycles. The first-order valence-corrected chi connectivity index (χ1v) is 10.1. The van der Waals surface area contributed by atoms with Crippen LogP contribution in [0.2, 0.25) is 0 Å². The quantitative estimate of drug-likeness (QED) is 0.661. The van der Waals surface area contributed by atoms with Gasteiger partial charge in [0.05, 0.1) is 13.2 Å². The van der Waals surface area contributed by atoms with E-state index in [0.717, 1.165) is 16.9 Å². The number of amides is 3. The number of benzene rings is 2. The average Bonchev–Trinajstić information content (AvgIpc) is 3.27. The highest BCUT2D eigenvalue weighted by atomic mass is 16.5. The minimum Gasteiger partial charge on any atom is -0.497 e. The normalized spacial score (nSPS) is 16.1. The zero-order chi connectivity index (χ0) is 21.1. The van der Waals surface area contributed by atoms with Crippen LogP contribution in [0.4, 0.5) is 10.5 Å². The van der Waals surface area contributed by atoms with Crippen LogP contribution in [-0.4, -0.2) is 42.7 Å². The van der Waals surface area contributed by atoms with Gasteiger partial charge in [-0.15, -0.1) is 0 Å². The summed E-state index contributed by atoms with van der Waals surface area (Å²) in [6.07, 6.45) is 0.284. The maximum absolute atomic E-state index is 12.4. The van der Waals surface area contributed by atoms with Crippen molar-refractivity contribution < 1.29 is 14.3 Å². The second-order valence-corrected chi connectivity index (χ2v) is 7.50. The van der Waals surface area contributed by atoms with E-state index in [1.54, 1.807) is 12.0 Å². The average molecular weight is 406 g/mol. The molecule has 2 heterocycles. The summed E-state index contributed by atoms with van der Waals surface area (Å²) in [7, 11) is 1.59. The number of anilines is 1. The second kappa shape index (κ2) is 8.49. The molecular weight excluding hydrogens is 380 g/mol. The number of nitrogens with zero attached hydrogens (tertiary/aromatic N) is 2. The van der Waals surface area contributed by atoms with E-state index in [1.807, 2.05) is 36.4 Å². The molecule has 0 radical (unpaired) electrons. The number of carbonyl (C=O) groups is 2. The van der Waals surface area contributed by atoms with Gasteiger partial charge in [0.25, 0.3) is 0 Å². The number of nitrogens with one attached hydrogen (secondary N) is 2. The number of carbonyl (C=O) groups excluding carboxylic acids is 2. The van der Waals surface area contributed by atoms with E-state index in [2.05, 4.69) is 40.3 Å². The van der Waals surface area contributed by atoms with E-state index < -0.39 is 0 Å². The van der Waals surface area contributed by atoms with Gasteiger partial charge in [-0.3, -0.25) is 4.79 Å². The molecule has 1 saturated heterocycles. The lowest BCUT2D eigenvalue weighted by Gasteiger charge is -2.18. The zero-order valence-electron chi connectivity index (χ0n) is 17.2. The van der Waals surface area contributed by atoms with E-state index in [0.29, 0.717) is 25.4 Å². The Balaban J connectivity index is 1.30. The molecule has 7 nitrogen and oxygen atoms in total. The fourth-order valence-electron chi connectivity index (χ4n) is 4.00. The minimum atomic E-state index is -0.255. The molecule has 156 valence electrons. The van der Waals surface area contributed by atoms with Gasteiger partial charge in [-0.1, -0.05) is 24.3 Å². The summed E-state index contributed by atoms with van der Waals surface area (Å²) in [5.41, 5.74) is 3.10. The van der Waals surface area contributed by atoms with Gasteiger partial charge in [0, 0.05) is 49.0 Å². The van der Waals surface area contributed by atoms with Gasteiger partial charge < -0.3 is 24.8 Å². The van der Waals surface area contributed by atoms with Crippen molar-refractivity contribution in [3.63, 3.8) is 0 Å². The number of urea groups is 1. The second-order valence-electron chi connectivity index (χ2n) is 7.50. The Morgan fingerprint density at radius 2 is 2.00 bits per heavy atom. The van der Waals surface area contributed by atoms with Crippen molar-refractivity contribution in [3.8, 4) is 5.75 Å². The number of rotatable bonds is 6. The molecule has 4 rings (SSSR count). The van der Waals surface area contributed by atoms with Crippen molar-refractivity contribution >= 4 is 28.5 Å². The Labute approximate surface area is 175 Å². The lowest BCUT2D eigenvalue weighted by Crippen LogP contribution is -2.44. The topological polar surface area (TPSA) is 75.6 Å². The van der Waals surface area contributed by atoms with Gasteiger partial charge >= 0.3 is 6.03 Å². The number of para-hydroxylation sites is 1. The highest BCUT2D eigenvalue weighted by molar-refractivity contribution is 5.97. The van der Waals surface area contributed by atoms with Crippen LogP contribution < -0.4 is 20.3 Å². The van der Waals surface area contributed by atoms with Gasteiger partial charge in [0.15, 0.2) is 0 Å². The number of fused-ring (bicyclic) bond motifs is 1. The molecule has 7 heteroatoms. The van der Waals surface area contributed by atoms with Gasteiger partial charge in [0.2, 0.25) is 5.91 Å². The van der Waals surface area contributed by atoms with Crippen LogP contribution in [0.1, 0.15) is 12.1 Å². The number of aromatic nitrogens is 1. The van der Waals surface area contributed by atoms with Crippen LogP contribution in [-0.2, 0) is 11.3 Å². The van der Waals surface area contributed by atoms with Crippen LogP contribution in [0.25, 0.3) is 10.9 Å². The Morgan fingerprint density at radius 1 is 1.17 bits per heavy atom. The highest BCUT2D eigenvalue weighted by Gasteiger charge is 2.31. The molecule has 1 fully saturated rings. The Hall–Kier alpha value is -3.48. The number of hydrogen-bond acceptors (Lipinski definition) is 3. The van der Waals surface area contributed by atoms with E-state index in [-0.39, 0.29) is 24.4 Å². The summed E-state index contributed by atoms with van der Waals surface area (Å²) in [5, 5.41) is 7.02. The Bertz CT molecular complexity index is 1080. The summed E-state index contributed by atoms with van der Waals surface area (Å²) in [6.45, 7) is 3.70. The van der Waals surface area contributed by atoms with Crippen molar-refractivity contribution in [1.29, 1.82) is 0 Å². The number of ether oxygens (including phenoxy) is 1. The van der Waals surface area contributed by atoms with Crippen LogP contribution in [0, 0.1) is 6.92 Å². The summed E-state index contributed by atoms with van der Waals surface area (Å²) in [6, 6.07) is 17.3. The van der Waals surface area contributed by atoms with Crippen LogP contribution in [0.15, 0.2) is 54.6 Å². The van der Waals surface area contributed by atoms with E-state index >= 15 is 0 Å². The van der Waals surface area contributed by atoms with Gasteiger partial charge in [-0.25, -0.2) is 4.79 Å². The minimum absolute atomic E-state index is 0.0111. The fraction of sp³-hybridized carbons (Fsp3) is 0.304. The predicted molar refractivity (Wildman–Crippen MR) is 117 cm³/mol. The first kappa shape index (κ1) is 19.8. The summed E-state index contributed by atoms with van der Waals surface area (Å²) >= 11 is 0. The van der Waals surface area contributed by atoms with Crippen molar-refractivity contribution in [2.24, 2.45) is 0 Å². The number of aryl methyl sites for hydroxylation is 1. The summed E-state index contributed by atoms with van der Waals surface area (Å²) < 4.78 is 7.43. The largest absolute Gasteiger partial charge is 0.497 e. The smallest absolute Gasteiger partial charge is 0.315 e. The van der Waals surface area contributed by atoms with E-state index in [4.69, 9.17) is 4.74 Å². The molecule has 2 N–H and O–H groups in total. The Morgan fingerprint density at radius 3 is 2.83 bits per heavy atom. The maximum atomic E-state index is 12.4. The monoisotopic (exact) mass is 406 g/mol. The van der Waals surface area contributed by atoms with Crippen molar-refractivity contribution in [2.45, 2.75) is 25.9 Å². The van der Waals surface area contributed by atoms with E-state index in [1.165, 1.54) is 5.39 Å². The van der Waals surface area contributed by atoms with Crippen molar-refractivity contribution in [3.05, 3.63) is 60.3 Å². The lowest BCUT2D eigenvalue weighted by molar-refractivity contribution is -0.117. The van der Waals surface area contributed by atoms with Crippen molar-refractivity contribution in [1.82, 2.24) is 15.2 Å². The zero-order valence-corrected chi connectivity index (χ0v) is 17.2. The third kappa shape index (κ3) is 4.10. The molecule has 3 amide bonds. The van der Waals surface area contributed by atoms with Crippen LogP contribution >= 0.6 is 0 Å². The third-order valence-electron chi connectivity index (χ3n) is 5.46. The van der Waals surface area contributed by atoms with Crippen LogP contribution in [0.3, 0.4) is 0 Å². The number of methoxy groups -OCH3 is 1. The van der Waals surface area contributed by atoms with Gasteiger partial charge in [-0.2, -0.15) is 0 Å². The van der Waals surface area contributed by atoms with Gasteiger partial charge in [0.1, 0.15) is 5.75 Å². The molecule has 30 heavy (non-hydrogen) atoms. The number of hydrogen-bond donors (Lipinski definition) is 2. The molecule has 1 aliphatic heterocycles. The standard InChI is InChI=1S/C23H26N4O3/c1-16-12-17-6-3-4-9-21(17)26(16)11-10-24-23(29)25-18-13-22(28)27(15-18)19-7-5-8-20(14-19)30-2/h3-9,12,14,18H,10-11,13,15H2,1-2H3,(H2,24,25,29)/t18-/m1/s1. The molecule has 1 atom stereocenters. The molecule has 0 unspecified atom stereocenters. The van der Waals surface area contributed by atoms with E-state index in [9.17, 15) is 9.59 Å². The Kier molecular flexibility index (Phi) is 5.61. The maximum Gasteiger partial charge on any atom is 0.315 e. The van der Waals surface area contributed by atoms with Crippen LogP contribution in [0.5, 0.6) is 5.75 Å². The van der Waals surface area contributed by atoms with Crippen molar-refractivity contribution in [2.75, 3.05) is 25.1 Å². The fourth-order valence-corrected chi connectivity index (χ4v) is 4.00. The molecule has 0 saturated carbocycles. The SMILES string of the molecule is COc1cccc(N2C[C@H](NC(=O)NCCn3c(C)cc4ccccc43)CC2=O)c1. The molecule has 0 spiro atoms. The van der Waals surface area contributed by atoms with Gasteiger partial charge in [-0.05, 0) is 36.6 Å². The summed E-state index contributed by atoms with van der Waals surface area (Å²) in [5.74, 6) is 0.685. The molecular formula is C23H26N4O3. The summed E-state index contributed by atoms with van der Waals surface area (Å²) in [4.78, 5) is 26.4. The lowest BCUT2D eigenvalue weighted by atomic mass is 10.2.